The van der Waals surface area contributed by atoms with Crippen LogP contribution in [-0.2, 0) is 15.8 Å². The van der Waals surface area contributed by atoms with E-state index in [1.165, 1.54) is 18.2 Å². The minimum Gasteiger partial charge on any atom is -0.487 e. The Morgan fingerprint density at radius 1 is 1.24 bits per heavy atom. The van der Waals surface area contributed by atoms with E-state index in [4.69, 9.17) is 16.3 Å². The number of rotatable bonds is 4. The topological polar surface area (TPSA) is 55.4 Å². The van der Waals surface area contributed by atoms with Gasteiger partial charge in [-0.25, -0.2) is 17.5 Å². The first kappa shape index (κ1) is 18.2. The van der Waals surface area contributed by atoms with Crippen LogP contribution < -0.4 is 9.46 Å². The zero-order valence-electron chi connectivity index (χ0n) is 13.9. The van der Waals surface area contributed by atoms with Gasteiger partial charge in [0.1, 0.15) is 17.2 Å². The Morgan fingerprint density at radius 3 is 2.68 bits per heavy atom. The zero-order chi connectivity index (χ0) is 18.2. The van der Waals surface area contributed by atoms with Crippen molar-refractivity contribution < 1.29 is 17.5 Å². The molecule has 3 rings (SSSR count). The van der Waals surface area contributed by atoms with Crippen molar-refractivity contribution in [3.05, 3.63) is 64.4 Å². The van der Waals surface area contributed by atoms with Crippen LogP contribution in [0.25, 0.3) is 0 Å². The van der Waals surface area contributed by atoms with Gasteiger partial charge in [-0.15, -0.1) is 0 Å². The maximum Gasteiger partial charge on any atom is 0.216 e. The highest BCUT2D eigenvalue weighted by Crippen LogP contribution is 2.39. The molecule has 0 spiro atoms. The van der Waals surface area contributed by atoms with Crippen LogP contribution in [0, 0.1) is 5.82 Å². The van der Waals surface area contributed by atoms with E-state index >= 15 is 0 Å². The van der Waals surface area contributed by atoms with E-state index in [1.54, 1.807) is 0 Å². The predicted octanol–water partition coefficient (Wildman–Crippen LogP) is 4.20. The summed E-state index contributed by atoms with van der Waals surface area (Å²) in [4.78, 5) is 0. The van der Waals surface area contributed by atoms with E-state index in [1.807, 2.05) is 38.1 Å². The van der Waals surface area contributed by atoms with Crippen molar-refractivity contribution in [2.24, 2.45) is 0 Å². The number of benzene rings is 2. The molecule has 1 N–H and O–H groups in total. The largest absolute Gasteiger partial charge is 0.487 e. The van der Waals surface area contributed by atoms with E-state index in [0.29, 0.717) is 12.2 Å². The Labute approximate surface area is 152 Å². The van der Waals surface area contributed by atoms with Gasteiger partial charge in [0.2, 0.25) is 10.0 Å². The van der Waals surface area contributed by atoms with Crippen molar-refractivity contribution in [1.29, 1.82) is 0 Å². The first-order chi connectivity index (χ1) is 11.7. The SMILES string of the molecule is CC1(C)C[C@H](NS(=O)(=O)Cc2c(F)cccc2Cl)c2ccccc2O1. The first-order valence-corrected chi connectivity index (χ1v) is 9.91. The average molecular weight is 384 g/mol. The maximum absolute atomic E-state index is 13.9. The second-order valence-corrected chi connectivity index (χ2v) is 8.89. The molecule has 0 aliphatic carbocycles. The lowest BCUT2D eigenvalue weighted by Gasteiger charge is -2.37. The predicted molar refractivity (Wildman–Crippen MR) is 95.7 cm³/mol. The molecule has 0 unspecified atom stereocenters. The van der Waals surface area contributed by atoms with Crippen LogP contribution in [0.3, 0.4) is 0 Å². The third-order valence-corrected chi connectivity index (χ3v) is 5.76. The van der Waals surface area contributed by atoms with Gasteiger partial charge in [0.05, 0.1) is 11.8 Å². The number of halogens is 2. The van der Waals surface area contributed by atoms with E-state index in [2.05, 4.69) is 4.72 Å². The summed E-state index contributed by atoms with van der Waals surface area (Å²) < 4.78 is 47.7. The number of nitrogens with one attached hydrogen (secondary N) is 1. The lowest BCUT2D eigenvalue weighted by Crippen LogP contribution is -2.41. The van der Waals surface area contributed by atoms with Crippen LogP contribution in [0.2, 0.25) is 5.02 Å². The molecule has 1 aliphatic rings. The van der Waals surface area contributed by atoms with Gasteiger partial charge >= 0.3 is 0 Å². The molecule has 7 heteroatoms. The van der Waals surface area contributed by atoms with Crippen LogP contribution in [0.5, 0.6) is 5.75 Å². The molecule has 2 aromatic rings. The molecule has 134 valence electrons. The molecule has 1 atom stereocenters. The van der Waals surface area contributed by atoms with E-state index < -0.39 is 33.2 Å². The fourth-order valence-electron chi connectivity index (χ4n) is 3.03. The Bertz CT molecular complexity index is 879. The summed E-state index contributed by atoms with van der Waals surface area (Å²) >= 11 is 5.95. The molecule has 25 heavy (non-hydrogen) atoms. The Kier molecular flexibility index (Phi) is 4.79. The van der Waals surface area contributed by atoms with E-state index in [-0.39, 0.29) is 10.6 Å². The number of sulfonamides is 1. The van der Waals surface area contributed by atoms with Crippen LogP contribution >= 0.6 is 11.6 Å². The van der Waals surface area contributed by atoms with Gasteiger partial charge in [-0.05, 0) is 32.0 Å². The van der Waals surface area contributed by atoms with Gasteiger partial charge in [-0.3, -0.25) is 0 Å². The number of hydrogen-bond acceptors (Lipinski definition) is 3. The van der Waals surface area contributed by atoms with Crippen molar-refractivity contribution in [3.8, 4) is 5.75 Å². The Balaban J connectivity index is 1.88. The Hall–Kier alpha value is -1.63. The molecule has 0 amide bonds. The van der Waals surface area contributed by atoms with Crippen molar-refractivity contribution in [2.75, 3.05) is 0 Å². The number of hydrogen-bond donors (Lipinski definition) is 1. The normalized spacial score (nSPS) is 19.1. The van der Waals surface area contributed by atoms with Gasteiger partial charge in [0, 0.05) is 22.6 Å². The average Bonchev–Trinajstić information content (AvgIpc) is 2.49. The summed E-state index contributed by atoms with van der Waals surface area (Å²) in [5, 5.41) is 0.0954. The van der Waals surface area contributed by atoms with Gasteiger partial charge < -0.3 is 4.74 Å². The molecule has 2 aromatic carbocycles. The number of ether oxygens (including phenoxy) is 1. The van der Waals surface area contributed by atoms with Gasteiger partial charge in [0.25, 0.3) is 0 Å². The third-order valence-electron chi connectivity index (χ3n) is 4.09. The smallest absolute Gasteiger partial charge is 0.216 e. The minimum absolute atomic E-state index is 0.0312. The van der Waals surface area contributed by atoms with Crippen molar-refractivity contribution in [1.82, 2.24) is 4.72 Å². The molecule has 4 nitrogen and oxygen atoms in total. The van der Waals surface area contributed by atoms with Crippen molar-refractivity contribution in [3.63, 3.8) is 0 Å². The summed E-state index contributed by atoms with van der Waals surface area (Å²) in [7, 11) is -3.80. The zero-order valence-corrected chi connectivity index (χ0v) is 15.5. The Morgan fingerprint density at radius 2 is 1.96 bits per heavy atom. The summed E-state index contributed by atoms with van der Waals surface area (Å²) in [6.07, 6.45) is 0.467. The molecule has 1 heterocycles. The molecular weight excluding hydrogens is 365 g/mol. The second-order valence-electron chi connectivity index (χ2n) is 6.73. The van der Waals surface area contributed by atoms with Gasteiger partial charge in [-0.2, -0.15) is 0 Å². The fourth-order valence-corrected chi connectivity index (χ4v) is 4.74. The number of fused-ring (bicyclic) bond motifs is 1. The highest BCUT2D eigenvalue weighted by molar-refractivity contribution is 7.88. The third kappa shape index (κ3) is 4.14. The van der Waals surface area contributed by atoms with Crippen LogP contribution in [0.15, 0.2) is 42.5 Å². The summed E-state index contributed by atoms with van der Waals surface area (Å²) in [5.41, 5.74) is 0.221. The van der Waals surface area contributed by atoms with E-state index in [0.717, 1.165) is 5.56 Å². The van der Waals surface area contributed by atoms with Gasteiger partial charge in [-0.1, -0.05) is 35.9 Å². The van der Waals surface area contributed by atoms with Crippen LogP contribution in [0.1, 0.15) is 37.4 Å². The number of para-hydroxylation sites is 1. The quantitative estimate of drug-likeness (QED) is 0.860. The van der Waals surface area contributed by atoms with Crippen LogP contribution in [0.4, 0.5) is 4.39 Å². The molecular formula is C18H19ClFNO3S. The van der Waals surface area contributed by atoms with Crippen LogP contribution in [-0.4, -0.2) is 14.0 Å². The summed E-state index contributed by atoms with van der Waals surface area (Å²) in [6, 6.07) is 11.0. The highest BCUT2D eigenvalue weighted by atomic mass is 35.5. The summed E-state index contributed by atoms with van der Waals surface area (Å²) in [6.45, 7) is 3.80. The molecule has 0 aromatic heterocycles. The van der Waals surface area contributed by atoms with Gasteiger partial charge in [0.15, 0.2) is 0 Å². The molecule has 1 aliphatic heterocycles. The molecule has 0 saturated heterocycles. The monoisotopic (exact) mass is 383 g/mol. The fraction of sp³-hybridized carbons (Fsp3) is 0.333. The highest BCUT2D eigenvalue weighted by Gasteiger charge is 2.35. The maximum atomic E-state index is 13.9. The minimum atomic E-state index is -3.80. The first-order valence-electron chi connectivity index (χ1n) is 7.88. The molecule has 0 saturated carbocycles. The van der Waals surface area contributed by atoms with E-state index in [9.17, 15) is 12.8 Å². The standard InChI is InChI=1S/C18H19ClFNO3S/c1-18(2)10-16(12-6-3-4-9-17(12)24-18)21-25(22,23)11-13-14(19)7-5-8-15(13)20/h3-9,16,21H,10-11H2,1-2H3/t16-/m0/s1. The molecule has 0 fully saturated rings. The van der Waals surface area contributed by atoms with Crippen molar-refractivity contribution in [2.45, 2.75) is 37.7 Å². The second kappa shape index (κ2) is 6.59. The lowest BCUT2D eigenvalue weighted by molar-refractivity contribution is 0.0702. The lowest BCUT2D eigenvalue weighted by atomic mass is 9.90. The summed E-state index contributed by atoms with van der Waals surface area (Å²) in [5.74, 6) is -0.501. The molecule has 0 radical (unpaired) electrons. The van der Waals surface area contributed by atoms with Crippen molar-refractivity contribution >= 4 is 21.6 Å². The molecule has 0 bridgehead atoms.